The van der Waals surface area contributed by atoms with Crippen molar-refractivity contribution >= 4 is 35.0 Å². The summed E-state index contributed by atoms with van der Waals surface area (Å²) >= 11 is 6.13. The Morgan fingerprint density at radius 3 is 2.21 bits per heavy atom. The topological polar surface area (TPSA) is 104 Å². The fourth-order valence-electron chi connectivity index (χ4n) is 3.00. The molecule has 3 aromatic rings. The molecule has 0 spiro atoms. The molecule has 1 amide bonds. The molecule has 172 valence electrons. The Labute approximate surface area is 191 Å². The number of rotatable bonds is 7. The molecule has 0 saturated heterocycles. The third-order valence-electron chi connectivity index (χ3n) is 4.62. The van der Waals surface area contributed by atoms with E-state index in [-0.39, 0.29) is 22.7 Å². The number of carbonyl (C=O) groups excluding carboxylic acids is 1. The van der Waals surface area contributed by atoms with E-state index in [9.17, 15) is 22.8 Å². The first-order valence-electron chi connectivity index (χ1n) is 9.59. The van der Waals surface area contributed by atoms with Crippen LogP contribution in [0.15, 0.2) is 48.5 Å². The smallest absolute Gasteiger partial charge is 0.416 e. The van der Waals surface area contributed by atoms with Crippen LogP contribution in [-0.2, 0) is 23.8 Å². The van der Waals surface area contributed by atoms with Gasteiger partial charge in [0.05, 0.1) is 12.0 Å². The first-order chi connectivity index (χ1) is 15.6. The molecule has 0 unspecified atom stereocenters. The van der Waals surface area contributed by atoms with E-state index in [4.69, 9.17) is 16.7 Å². The van der Waals surface area contributed by atoms with Gasteiger partial charge in [-0.3, -0.25) is 9.59 Å². The number of amides is 1. The average molecular weight is 479 g/mol. The average Bonchev–Trinajstić information content (AvgIpc) is 2.76. The van der Waals surface area contributed by atoms with Gasteiger partial charge in [-0.15, -0.1) is 0 Å². The summed E-state index contributed by atoms with van der Waals surface area (Å²) in [6, 6.07) is 10.7. The van der Waals surface area contributed by atoms with Crippen LogP contribution >= 0.6 is 11.6 Å². The molecule has 0 bridgehead atoms. The summed E-state index contributed by atoms with van der Waals surface area (Å²) in [5.74, 6) is -0.897. The first-order valence-corrected chi connectivity index (χ1v) is 9.97. The minimum absolute atomic E-state index is 0.0483. The molecule has 0 radical (unpaired) electrons. The normalized spacial score (nSPS) is 11.2. The van der Waals surface area contributed by atoms with Crippen molar-refractivity contribution < 1.29 is 27.9 Å². The van der Waals surface area contributed by atoms with Gasteiger partial charge in [0.25, 0.3) is 5.91 Å². The van der Waals surface area contributed by atoms with Crippen LogP contribution < -0.4 is 10.6 Å². The third kappa shape index (κ3) is 6.19. The number of halogens is 4. The van der Waals surface area contributed by atoms with Gasteiger partial charge in [0, 0.05) is 30.3 Å². The second-order valence-corrected chi connectivity index (χ2v) is 7.34. The van der Waals surface area contributed by atoms with Crippen LogP contribution in [0.4, 0.5) is 24.7 Å². The van der Waals surface area contributed by atoms with E-state index in [1.54, 1.807) is 31.3 Å². The van der Waals surface area contributed by atoms with E-state index in [0.29, 0.717) is 23.8 Å². The highest BCUT2D eigenvalue weighted by molar-refractivity contribution is 6.30. The van der Waals surface area contributed by atoms with Gasteiger partial charge < -0.3 is 15.7 Å². The van der Waals surface area contributed by atoms with Crippen LogP contribution in [0.5, 0.6) is 0 Å². The fraction of sp³-hybridized carbons (Fsp3) is 0.182. The Kier molecular flexibility index (Phi) is 7.17. The Bertz CT molecular complexity index is 1170. The van der Waals surface area contributed by atoms with Crippen LogP contribution in [0.2, 0.25) is 5.15 Å². The Morgan fingerprint density at radius 2 is 1.67 bits per heavy atom. The maximum absolute atomic E-state index is 12.7. The van der Waals surface area contributed by atoms with E-state index in [1.165, 1.54) is 0 Å². The number of hydrogen-bond donors (Lipinski definition) is 3. The number of carbonyl (C=O) groups is 2. The fourth-order valence-corrected chi connectivity index (χ4v) is 3.25. The number of carboxylic acids is 1. The van der Waals surface area contributed by atoms with Crippen LogP contribution in [0.3, 0.4) is 0 Å². The number of carboxylic acid groups (broad SMARTS) is 1. The number of aliphatic carboxylic acids is 1. The van der Waals surface area contributed by atoms with Crippen LogP contribution in [-0.4, -0.2) is 34.0 Å². The lowest BCUT2D eigenvalue weighted by atomic mass is 10.1. The van der Waals surface area contributed by atoms with Crippen LogP contribution in [0, 0.1) is 0 Å². The Morgan fingerprint density at radius 1 is 1.03 bits per heavy atom. The molecule has 0 aliphatic rings. The predicted molar refractivity (Wildman–Crippen MR) is 117 cm³/mol. The second-order valence-electron chi connectivity index (χ2n) is 6.98. The van der Waals surface area contributed by atoms with Gasteiger partial charge in [0.2, 0.25) is 0 Å². The maximum atomic E-state index is 12.7. The number of nitrogens with zero attached hydrogens (tertiary/aromatic N) is 2. The summed E-state index contributed by atoms with van der Waals surface area (Å²) in [4.78, 5) is 31.8. The van der Waals surface area contributed by atoms with Crippen molar-refractivity contribution in [2.75, 3.05) is 17.7 Å². The van der Waals surface area contributed by atoms with Gasteiger partial charge in [0.1, 0.15) is 16.8 Å². The highest BCUT2D eigenvalue weighted by Gasteiger charge is 2.30. The zero-order valence-electron chi connectivity index (χ0n) is 17.2. The largest absolute Gasteiger partial charge is 0.481 e. The molecular weight excluding hydrogens is 461 g/mol. The zero-order valence-corrected chi connectivity index (χ0v) is 18.0. The molecule has 0 aliphatic heterocycles. The number of hydrogen-bond acceptors (Lipinski definition) is 5. The lowest BCUT2D eigenvalue weighted by molar-refractivity contribution is -0.138. The standard InChI is InChI=1S/C22H18ClF3N4O3/c1-27-20-16(11-18(31)32)19(23)29-17(30-20)10-12-2-8-15(9-3-12)28-21(33)13-4-6-14(7-5-13)22(24,25)26/h2-9H,10-11H2,1H3,(H,28,33)(H,31,32)(H,27,29,30). The van der Waals surface area contributed by atoms with E-state index in [0.717, 1.165) is 29.8 Å². The molecule has 0 atom stereocenters. The van der Waals surface area contributed by atoms with E-state index < -0.39 is 23.6 Å². The summed E-state index contributed by atoms with van der Waals surface area (Å²) in [5, 5.41) is 14.5. The number of nitrogens with one attached hydrogen (secondary N) is 2. The SMILES string of the molecule is CNc1nc(Cc2ccc(NC(=O)c3ccc(C(F)(F)F)cc3)cc2)nc(Cl)c1CC(=O)O. The van der Waals surface area contributed by atoms with E-state index in [2.05, 4.69) is 20.6 Å². The number of anilines is 2. The molecule has 7 nitrogen and oxygen atoms in total. The van der Waals surface area contributed by atoms with E-state index >= 15 is 0 Å². The number of benzene rings is 2. The van der Waals surface area contributed by atoms with Gasteiger partial charge in [-0.1, -0.05) is 23.7 Å². The van der Waals surface area contributed by atoms with Crippen molar-refractivity contribution in [1.82, 2.24) is 9.97 Å². The highest BCUT2D eigenvalue weighted by Crippen LogP contribution is 2.29. The molecule has 0 fully saturated rings. The van der Waals surface area contributed by atoms with Crippen molar-refractivity contribution in [3.05, 3.63) is 81.8 Å². The lowest BCUT2D eigenvalue weighted by Gasteiger charge is -2.11. The van der Waals surface area contributed by atoms with Gasteiger partial charge in [0.15, 0.2) is 0 Å². The molecule has 0 saturated carbocycles. The van der Waals surface area contributed by atoms with Crippen molar-refractivity contribution in [1.29, 1.82) is 0 Å². The molecule has 11 heteroatoms. The van der Waals surface area contributed by atoms with E-state index in [1.807, 2.05) is 0 Å². The Balaban J connectivity index is 1.69. The van der Waals surface area contributed by atoms with Crippen molar-refractivity contribution in [2.24, 2.45) is 0 Å². The molecule has 0 aliphatic carbocycles. The quantitative estimate of drug-likeness (QED) is 0.427. The molecule has 1 heterocycles. The zero-order chi connectivity index (χ0) is 24.2. The minimum Gasteiger partial charge on any atom is -0.481 e. The van der Waals surface area contributed by atoms with Gasteiger partial charge in [-0.05, 0) is 42.0 Å². The number of aromatic nitrogens is 2. The van der Waals surface area contributed by atoms with Crippen molar-refractivity contribution in [3.8, 4) is 0 Å². The first kappa shape index (κ1) is 24.0. The van der Waals surface area contributed by atoms with Crippen LogP contribution in [0.1, 0.15) is 32.9 Å². The second kappa shape index (κ2) is 9.86. The Hall–Kier alpha value is -3.66. The summed E-state index contributed by atoms with van der Waals surface area (Å²) < 4.78 is 38.0. The molecule has 2 aromatic carbocycles. The summed E-state index contributed by atoms with van der Waals surface area (Å²) in [7, 11) is 1.60. The van der Waals surface area contributed by atoms with Crippen molar-refractivity contribution in [2.45, 2.75) is 19.0 Å². The van der Waals surface area contributed by atoms with Gasteiger partial charge in [-0.2, -0.15) is 13.2 Å². The molecule has 1 aromatic heterocycles. The highest BCUT2D eigenvalue weighted by atomic mass is 35.5. The number of alkyl halides is 3. The van der Waals surface area contributed by atoms with Gasteiger partial charge in [-0.25, -0.2) is 9.97 Å². The molecular formula is C22H18ClF3N4O3. The minimum atomic E-state index is -4.47. The molecule has 3 N–H and O–H groups in total. The summed E-state index contributed by atoms with van der Waals surface area (Å²) in [5.41, 5.74) is 0.804. The molecule has 3 rings (SSSR count). The van der Waals surface area contributed by atoms with Crippen LogP contribution in [0.25, 0.3) is 0 Å². The van der Waals surface area contributed by atoms with Gasteiger partial charge >= 0.3 is 12.1 Å². The maximum Gasteiger partial charge on any atom is 0.416 e. The summed E-state index contributed by atoms with van der Waals surface area (Å²) in [6.45, 7) is 0. The molecule has 33 heavy (non-hydrogen) atoms. The monoisotopic (exact) mass is 478 g/mol. The lowest BCUT2D eigenvalue weighted by Crippen LogP contribution is -2.13. The third-order valence-corrected chi connectivity index (χ3v) is 4.93. The summed E-state index contributed by atoms with van der Waals surface area (Å²) in [6.07, 6.45) is -4.49. The van der Waals surface area contributed by atoms with Crippen molar-refractivity contribution in [3.63, 3.8) is 0 Å². The predicted octanol–water partition coefficient (Wildman–Crippen LogP) is 4.66.